The van der Waals surface area contributed by atoms with Crippen molar-refractivity contribution >= 4 is 21.8 Å². The van der Waals surface area contributed by atoms with Crippen LogP contribution in [0, 0.1) is 0 Å². The van der Waals surface area contributed by atoms with Gasteiger partial charge in [-0.1, -0.05) is 62.6 Å². The van der Waals surface area contributed by atoms with Crippen molar-refractivity contribution in [3.8, 4) is 0 Å². The number of nitrogens with one attached hydrogen (secondary N) is 1. The van der Waals surface area contributed by atoms with Gasteiger partial charge in [-0.05, 0) is 48.2 Å². The molecule has 0 amide bonds. The highest BCUT2D eigenvalue weighted by molar-refractivity contribution is 7.99. The predicted octanol–water partition coefficient (Wildman–Crippen LogP) is 4.05. The number of benzene rings is 2. The third-order valence-corrected chi connectivity index (χ3v) is 6.71. The second-order valence-electron chi connectivity index (χ2n) is 7.12. The van der Waals surface area contributed by atoms with Crippen LogP contribution in [-0.2, 0) is 23.0 Å². The molecule has 0 spiro atoms. The maximum Gasteiger partial charge on any atom is 0.238 e. The summed E-state index contributed by atoms with van der Waals surface area (Å²) in [6.45, 7) is 7.54. The number of nitrogens with two attached hydrogens (primary N) is 1. The summed E-state index contributed by atoms with van der Waals surface area (Å²) in [5.41, 5.74) is 2.75. The molecule has 0 aromatic heterocycles. The Morgan fingerprint density at radius 1 is 1.10 bits per heavy atom. The molecule has 0 aliphatic rings. The molecular weight excluding hydrogens is 416 g/mol. The Morgan fingerprint density at radius 2 is 1.83 bits per heavy atom. The zero-order valence-corrected chi connectivity index (χ0v) is 19.3. The standard InChI is InChI=1S/C23H32N2O2S2.H2O/c1-3-5-6-10-13-25-18-20-16-22(28-14-4-2)21(23(17-20)29(24,26)27)15-19-11-8-7-9-12-19;/h4,7-9,11-12,16-17,25H,2-3,5-6,10,13-15,18H2,1H3,(H2,24,26,27);1H2. The summed E-state index contributed by atoms with van der Waals surface area (Å²) >= 11 is 1.60. The van der Waals surface area contributed by atoms with E-state index in [0.717, 1.165) is 34.6 Å². The van der Waals surface area contributed by atoms with Crippen LogP contribution in [0.1, 0.15) is 49.3 Å². The lowest BCUT2D eigenvalue weighted by Crippen LogP contribution is -2.18. The monoisotopic (exact) mass is 450 g/mol. The molecule has 2 aromatic carbocycles. The summed E-state index contributed by atoms with van der Waals surface area (Å²) in [7, 11) is -3.83. The fourth-order valence-corrected chi connectivity index (χ4v) is 4.99. The van der Waals surface area contributed by atoms with Gasteiger partial charge in [-0.2, -0.15) is 0 Å². The molecule has 2 aromatic rings. The number of sulfonamides is 1. The molecule has 166 valence electrons. The van der Waals surface area contributed by atoms with Gasteiger partial charge in [0.25, 0.3) is 0 Å². The van der Waals surface area contributed by atoms with E-state index in [1.165, 1.54) is 19.3 Å². The van der Waals surface area contributed by atoms with Gasteiger partial charge in [0, 0.05) is 17.2 Å². The Labute approximate surface area is 185 Å². The molecule has 0 heterocycles. The average molecular weight is 451 g/mol. The van der Waals surface area contributed by atoms with Crippen LogP contribution in [0.25, 0.3) is 0 Å². The predicted molar refractivity (Wildman–Crippen MR) is 127 cm³/mol. The Balaban J connectivity index is 0.00000450. The van der Waals surface area contributed by atoms with Gasteiger partial charge in [0.05, 0.1) is 4.90 Å². The van der Waals surface area contributed by atoms with Crippen LogP contribution in [0.15, 0.2) is 64.9 Å². The van der Waals surface area contributed by atoms with E-state index in [1.807, 2.05) is 36.4 Å². The largest absolute Gasteiger partial charge is 0.412 e. The van der Waals surface area contributed by atoms with Crippen LogP contribution in [-0.4, -0.2) is 26.2 Å². The Kier molecular flexibility index (Phi) is 12.0. The molecule has 0 radical (unpaired) electrons. The van der Waals surface area contributed by atoms with E-state index in [2.05, 4.69) is 24.9 Å². The van der Waals surface area contributed by atoms with Crippen molar-refractivity contribution in [2.45, 2.75) is 55.4 Å². The number of unbranched alkanes of at least 4 members (excludes halogenated alkanes) is 3. The first kappa shape index (κ1) is 26.4. The van der Waals surface area contributed by atoms with Crippen molar-refractivity contribution in [2.75, 3.05) is 12.3 Å². The van der Waals surface area contributed by atoms with Crippen molar-refractivity contribution in [3.63, 3.8) is 0 Å². The summed E-state index contributed by atoms with van der Waals surface area (Å²) in [5, 5.41) is 9.04. The highest BCUT2D eigenvalue weighted by Gasteiger charge is 2.19. The third kappa shape index (κ3) is 8.62. The van der Waals surface area contributed by atoms with Gasteiger partial charge < -0.3 is 10.8 Å². The maximum atomic E-state index is 12.4. The van der Waals surface area contributed by atoms with Gasteiger partial charge in [-0.25, -0.2) is 13.6 Å². The van der Waals surface area contributed by atoms with E-state index in [0.29, 0.717) is 18.7 Å². The minimum atomic E-state index is -3.83. The summed E-state index contributed by atoms with van der Waals surface area (Å²) < 4.78 is 24.8. The van der Waals surface area contributed by atoms with Crippen molar-refractivity contribution in [2.24, 2.45) is 5.14 Å². The molecule has 5 N–H and O–H groups in total. The first-order valence-corrected chi connectivity index (χ1v) is 12.7. The van der Waals surface area contributed by atoms with Crippen LogP contribution >= 0.6 is 11.8 Å². The van der Waals surface area contributed by atoms with Crippen molar-refractivity contribution in [1.29, 1.82) is 0 Å². The topological polar surface area (TPSA) is 104 Å². The fourth-order valence-electron chi connectivity index (χ4n) is 3.19. The van der Waals surface area contributed by atoms with Crippen LogP contribution in [0.3, 0.4) is 0 Å². The zero-order valence-electron chi connectivity index (χ0n) is 17.7. The van der Waals surface area contributed by atoms with E-state index >= 15 is 0 Å². The molecule has 7 heteroatoms. The number of primary sulfonamides is 1. The highest BCUT2D eigenvalue weighted by atomic mass is 32.2. The van der Waals surface area contributed by atoms with Crippen molar-refractivity contribution in [3.05, 3.63) is 71.8 Å². The zero-order chi connectivity index (χ0) is 21.1. The lowest BCUT2D eigenvalue weighted by Gasteiger charge is -2.16. The average Bonchev–Trinajstić information content (AvgIpc) is 2.70. The molecule has 0 saturated heterocycles. The van der Waals surface area contributed by atoms with Crippen LogP contribution in [0.4, 0.5) is 0 Å². The lowest BCUT2D eigenvalue weighted by atomic mass is 10.0. The lowest BCUT2D eigenvalue weighted by molar-refractivity contribution is 0.592. The van der Waals surface area contributed by atoms with Gasteiger partial charge in [0.1, 0.15) is 0 Å². The molecule has 0 aliphatic carbocycles. The molecule has 0 fully saturated rings. The molecule has 0 aliphatic heterocycles. The molecule has 0 unspecified atom stereocenters. The minimum Gasteiger partial charge on any atom is -0.412 e. The second kappa shape index (κ2) is 13.6. The molecule has 2 rings (SSSR count). The SMILES string of the molecule is C=CCSc1cc(CNCCCCCC)cc(S(N)(=O)=O)c1Cc1ccccc1.O. The fraction of sp³-hybridized carbons (Fsp3) is 0.391. The molecule has 0 bridgehead atoms. The number of rotatable bonds is 13. The summed E-state index contributed by atoms with van der Waals surface area (Å²) in [5.74, 6) is 0.708. The van der Waals surface area contributed by atoms with Crippen molar-refractivity contribution in [1.82, 2.24) is 5.32 Å². The number of hydrogen-bond donors (Lipinski definition) is 2. The van der Waals surface area contributed by atoms with Crippen molar-refractivity contribution < 1.29 is 13.9 Å². The molecule has 5 nitrogen and oxygen atoms in total. The first-order valence-electron chi connectivity index (χ1n) is 10.1. The van der Waals surface area contributed by atoms with Gasteiger partial charge in [0.2, 0.25) is 10.0 Å². The third-order valence-electron chi connectivity index (χ3n) is 4.65. The Morgan fingerprint density at radius 3 is 2.47 bits per heavy atom. The number of hydrogen-bond acceptors (Lipinski definition) is 4. The Hall–Kier alpha value is -1.64. The number of thioether (sulfide) groups is 1. The van der Waals surface area contributed by atoms with Gasteiger partial charge in [-0.15, -0.1) is 18.3 Å². The minimum absolute atomic E-state index is 0. The molecule has 0 saturated carbocycles. The van der Waals surface area contributed by atoms with Crippen LogP contribution in [0.5, 0.6) is 0 Å². The van der Waals surface area contributed by atoms with Gasteiger partial charge in [-0.3, -0.25) is 0 Å². The summed E-state index contributed by atoms with van der Waals surface area (Å²) in [4.78, 5) is 1.17. The maximum absolute atomic E-state index is 12.4. The van der Waals surface area contributed by atoms with Gasteiger partial charge >= 0.3 is 0 Å². The van der Waals surface area contributed by atoms with E-state index in [9.17, 15) is 8.42 Å². The van der Waals surface area contributed by atoms with E-state index in [4.69, 9.17) is 5.14 Å². The normalized spacial score (nSPS) is 11.1. The summed E-state index contributed by atoms with van der Waals surface area (Å²) in [6, 6.07) is 13.7. The molecule has 30 heavy (non-hydrogen) atoms. The van der Waals surface area contributed by atoms with E-state index < -0.39 is 10.0 Å². The molecular formula is C23H34N2O3S2. The highest BCUT2D eigenvalue weighted by Crippen LogP contribution is 2.32. The first-order chi connectivity index (χ1) is 14.0. The summed E-state index contributed by atoms with van der Waals surface area (Å²) in [6.07, 6.45) is 7.14. The van der Waals surface area contributed by atoms with Gasteiger partial charge in [0.15, 0.2) is 0 Å². The smallest absolute Gasteiger partial charge is 0.238 e. The van der Waals surface area contributed by atoms with Crippen LogP contribution in [0.2, 0.25) is 0 Å². The van der Waals surface area contributed by atoms with Crippen LogP contribution < -0.4 is 10.5 Å². The second-order valence-corrected chi connectivity index (χ2v) is 9.71. The molecule has 0 atom stereocenters. The van der Waals surface area contributed by atoms with E-state index in [-0.39, 0.29) is 10.4 Å². The quantitative estimate of drug-likeness (QED) is 0.273. The Bertz CT molecular complexity index is 885. The van der Waals surface area contributed by atoms with E-state index in [1.54, 1.807) is 17.8 Å².